The molecule has 2 amide bonds. The van der Waals surface area contributed by atoms with Gasteiger partial charge in [0.25, 0.3) is 11.8 Å². The lowest BCUT2D eigenvalue weighted by atomic mass is 9.85. The normalized spacial score (nSPS) is 17.5. The fraction of sp³-hybridized carbons (Fsp3) is 0.529. The van der Waals surface area contributed by atoms with Crippen LogP contribution in [0, 0.1) is 23.0 Å². The van der Waals surface area contributed by atoms with Gasteiger partial charge in [-0.05, 0) is 79.3 Å². The molecular weight excluding hydrogens is 566 g/mol. The predicted octanol–water partition coefficient (Wildman–Crippen LogP) is 6.63. The molecule has 0 aliphatic carbocycles. The second kappa shape index (κ2) is 14.9. The summed E-state index contributed by atoms with van der Waals surface area (Å²) in [6.45, 7) is 12.8. The van der Waals surface area contributed by atoms with Crippen molar-refractivity contribution >= 4 is 23.5 Å². The van der Waals surface area contributed by atoms with E-state index in [1.807, 2.05) is 24.0 Å². The van der Waals surface area contributed by atoms with Gasteiger partial charge in [-0.2, -0.15) is 5.90 Å². The molecule has 0 saturated carbocycles. The maximum atomic E-state index is 14.4. The van der Waals surface area contributed by atoms with Crippen molar-refractivity contribution in [3.8, 4) is 0 Å². The van der Waals surface area contributed by atoms with Crippen molar-refractivity contribution in [2.24, 2.45) is 22.2 Å². The van der Waals surface area contributed by atoms with E-state index in [-0.39, 0.29) is 47.5 Å². The Morgan fingerprint density at radius 2 is 1.75 bits per heavy atom. The van der Waals surface area contributed by atoms with Gasteiger partial charge in [-0.3, -0.25) is 19.4 Å². The van der Waals surface area contributed by atoms with E-state index in [1.54, 1.807) is 12.1 Å². The third-order valence-corrected chi connectivity index (χ3v) is 8.09. The summed E-state index contributed by atoms with van der Waals surface area (Å²) in [5, 5.41) is 2.67. The highest BCUT2D eigenvalue weighted by atomic mass is 19.2. The molecule has 2 aromatic carbocycles. The highest BCUT2D eigenvalue weighted by Crippen LogP contribution is 2.44. The summed E-state index contributed by atoms with van der Waals surface area (Å²) >= 11 is 0. The summed E-state index contributed by atoms with van der Waals surface area (Å²) < 4.78 is 28.1. The molecule has 2 atom stereocenters. The Bertz CT molecular complexity index is 1350. The Labute approximate surface area is 259 Å². The number of benzene rings is 2. The minimum absolute atomic E-state index is 0.0260. The Morgan fingerprint density at radius 1 is 1.07 bits per heavy atom. The molecule has 0 aromatic heterocycles. The van der Waals surface area contributed by atoms with Gasteiger partial charge in [-0.15, -0.1) is 0 Å². The zero-order chi connectivity index (χ0) is 32.7. The lowest BCUT2D eigenvalue weighted by molar-refractivity contribution is -0.144. The smallest absolute Gasteiger partial charge is 0.326 e. The van der Waals surface area contributed by atoms with E-state index in [0.29, 0.717) is 30.7 Å². The van der Waals surface area contributed by atoms with Crippen LogP contribution >= 0.6 is 0 Å². The molecule has 0 saturated heterocycles. The molecule has 240 valence electrons. The van der Waals surface area contributed by atoms with Gasteiger partial charge in [0.15, 0.2) is 11.6 Å². The van der Waals surface area contributed by atoms with E-state index in [4.69, 9.17) is 10.9 Å². The van der Waals surface area contributed by atoms with Gasteiger partial charge >= 0.3 is 5.97 Å². The van der Waals surface area contributed by atoms with Gasteiger partial charge in [-0.1, -0.05) is 60.1 Å². The van der Waals surface area contributed by atoms with Gasteiger partial charge in [-0.25, -0.2) is 8.78 Å². The lowest BCUT2D eigenvalue weighted by Crippen LogP contribution is -2.49. The Hall–Kier alpha value is -3.66. The maximum absolute atomic E-state index is 14.4. The third kappa shape index (κ3) is 8.71. The van der Waals surface area contributed by atoms with Gasteiger partial charge in [0.2, 0.25) is 0 Å². The average Bonchev–Trinajstić information content (AvgIpc) is 3.26. The van der Waals surface area contributed by atoms with Gasteiger partial charge < -0.3 is 15.1 Å². The number of nitrogens with one attached hydrogen (secondary N) is 1. The molecule has 3 rings (SSSR count). The zero-order valence-electron chi connectivity index (χ0n) is 26.7. The van der Waals surface area contributed by atoms with Crippen molar-refractivity contribution in [1.82, 2.24) is 10.2 Å². The van der Waals surface area contributed by atoms with Crippen LogP contribution in [0.1, 0.15) is 114 Å². The highest BCUT2D eigenvalue weighted by Gasteiger charge is 2.49. The van der Waals surface area contributed by atoms with Crippen LogP contribution in [0.4, 0.5) is 8.78 Å². The number of nitrogens with two attached hydrogens (primary N) is 1. The van der Waals surface area contributed by atoms with Crippen LogP contribution < -0.4 is 11.2 Å². The number of halogens is 2. The summed E-state index contributed by atoms with van der Waals surface area (Å²) in [6, 6.07) is 10.1. The number of aliphatic imine (C=N–C) groups is 1. The van der Waals surface area contributed by atoms with Crippen molar-refractivity contribution in [3.05, 3.63) is 70.8 Å². The van der Waals surface area contributed by atoms with Crippen molar-refractivity contribution in [2.75, 3.05) is 6.54 Å². The number of carbonyl (C=O) groups excluding carboxylic acids is 3. The van der Waals surface area contributed by atoms with E-state index in [1.165, 1.54) is 6.07 Å². The Balaban J connectivity index is 2.04. The Kier molecular flexibility index (Phi) is 11.8. The topological polar surface area (TPSA) is 114 Å². The summed E-state index contributed by atoms with van der Waals surface area (Å²) in [5.74, 6) is 2.00. The van der Waals surface area contributed by atoms with Gasteiger partial charge in [0.05, 0.1) is 12.5 Å². The molecule has 0 bridgehead atoms. The predicted molar refractivity (Wildman–Crippen MR) is 167 cm³/mol. The van der Waals surface area contributed by atoms with Crippen LogP contribution in [0.2, 0.25) is 0 Å². The average molecular weight is 613 g/mol. The Morgan fingerprint density at radius 3 is 2.32 bits per heavy atom. The second-order valence-corrected chi connectivity index (χ2v) is 13.1. The number of nitrogens with zero attached hydrogens (tertiary/aromatic N) is 2. The molecule has 10 heteroatoms. The number of carbonyl (C=O) groups is 3. The fourth-order valence-corrected chi connectivity index (χ4v) is 5.58. The number of rotatable bonds is 14. The molecule has 1 aliphatic heterocycles. The van der Waals surface area contributed by atoms with Crippen molar-refractivity contribution in [2.45, 2.75) is 98.2 Å². The van der Waals surface area contributed by atoms with Crippen molar-refractivity contribution < 1.29 is 28.0 Å². The molecule has 1 aliphatic rings. The molecule has 1 unspecified atom stereocenters. The highest BCUT2D eigenvalue weighted by molar-refractivity contribution is 6.46. The molecule has 2 aromatic rings. The molecule has 8 nitrogen and oxygen atoms in total. The van der Waals surface area contributed by atoms with E-state index >= 15 is 0 Å². The zero-order valence-corrected chi connectivity index (χ0v) is 26.7. The molecule has 0 fully saturated rings. The van der Waals surface area contributed by atoms with Crippen LogP contribution in [0.25, 0.3) is 0 Å². The summed E-state index contributed by atoms with van der Waals surface area (Å²) in [7, 11) is 0. The van der Waals surface area contributed by atoms with Crippen LogP contribution in [0.3, 0.4) is 0 Å². The lowest BCUT2D eigenvalue weighted by Gasteiger charge is -2.42. The summed E-state index contributed by atoms with van der Waals surface area (Å²) in [6.07, 6.45) is 4.34. The first-order valence-corrected chi connectivity index (χ1v) is 15.4. The molecular formula is C34H46F2N4O4. The van der Waals surface area contributed by atoms with Crippen LogP contribution in [0.15, 0.2) is 47.5 Å². The van der Waals surface area contributed by atoms with Crippen molar-refractivity contribution in [1.29, 1.82) is 0 Å². The minimum Gasteiger partial charge on any atom is -0.373 e. The van der Waals surface area contributed by atoms with E-state index in [2.05, 4.69) is 44.8 Å². The van der Waals surface area contributed by atoms with Crippen LogP contribution in [0.5, 0.6) is 0 Å². The molecule has 3 N–H and O–H groups in total. The third-order valence-electron chi connectivity index (χ3n) is 8.09. The first kappa shape index (κ1) is 34.8. The SMILES string of the molecule is CCC1(CCCC(C)C)N=C(c2ccc(F)c(F)c2)C(=O)N1[C@H](CCC(C)(C)C)c1ccc(C(=O)NCCC(=O)ON)cc1. The summed E-state index contributed by atoms with van der Waals surface area (Å²) in [5.41, 5.74) is 0.717. The number of amides is 2. The van der Waals surface area contributed by atoms with Gasteiger partial charge in [0, 0.05) is 17.7 Å². The fourth-order valence-electron chi connectivity index (χ4n) is 5.58. The van der Waals surface area contributed by atoms with Crippen LogP contribution in [-0.2, 0) is 14.4 Å². The summed E-state index contributed by atoms with van der Waals surface area (Å²) in [4.78, 5) is 49.3. The van der Waals surface area contributed by atoms with Gasteiger partial charge in [0.1, 0.15) is 11.4 Å². The molecule has 44 heavy (non-hydrogen) atoms. The molecule has 1 heterocycles. The van der Waals surface area contributed by atoms with E-state index in [9.17, 15) is 23.2 Å². The van der Waals surface area contributed by atoms with E-state index in [0.717, 1.165) is 37.0 Å². The number of hydrogen-bond acceptors (Lipinski definition) is 6. The molecule has 0 spiro atoms. The largest absolute Gasteiger partial charge is 0.373 e. The van der Waals surface area contributed by atoms with Crippen molar-refractivity contribution in [3.63, 3.8) is 0 Å². The molecule has 0 radical (unpaired) electrons. The standard InChI is InChI=1S/C34H46F2N4O4/c1-7-34(18-8-9-22(2)3)39-30(25-14-15-26(35)27(36)21-25)32(43)40(34)28(16-19-33(4,5)6)23-10-12-24(13-11-23)31(42)38-20-17-29(41)44-37/h10-15,21-22,28H,7-9,16-20,37H2,1-6H3,(H,38,42)/t28-,34?/m1/s1. The second-order valence-electron chi connectivity index (χ2n) is 13.1. The van der Waals surface area contributed by atoms with Crippen LogP contribution in [-0.4, -0.2) is 40.6 Å². The minimum atomic E-state index is -1.03. The number of hydrogen-bond donors (Lipinski definition) is 2. The monoisotopic (exact) mass is 612 g/mol. The van der Waals surface area contributed by atoms with E-state index < -0.39 is 23.3 Å². The first-order valence-electron chi connectivity index (χ1n) is 15.4. The quantitative estimate of drug-likeness (QED) is 0.232. The first-order chi connectivity index (χ1) is 20.7. The maximum Gasteiger partial charge on any atom is 0.326 e.